The van der Waals surface area contributed by atoms with E-state index in [1.54, 1.807) is 18.5 Å². The van der Waals surface area contributed by atoms with Gasteiger partial charge in [0, 0.05) is 18.3 Å². The quantitative estimate of drug-likeness (QED) is 0.538. The second-order valence-electron chi connectivity index (χ2n) is 3.06. The molecule has 1 saturated carbocycles. The summed E-state index contributed by atoms with van der Waals surface area (Å²) in [6.45, 7) is 0. The van der Waals surface area contributed by atoms with Crippen LogP contribution < -0.4 is 0 Å². The van der Waals surface area contributed by atoms with Crippen molar-refractivity contribution in [3.63, 3.8) is 0 Å². The average molecular weight is 194 g/mol. The first-order valence-electron chi connectivity index (χ1n) is 4.29. The van der Waals surface area contributed by atoms with Gasteiger partial charge in [0.2, 0.25) is 0 Å². The van der Waals surface area contributed by atoms with Crippen molar-refractivity contribution in [2.75, 3.05) is 5.75 Å². The Morgan fingerprint density at radius 3 is 2.77 bits per heavy atom. The maximum Gasteiger partial charge on any atom is 0.187 e. The summed E-state index contributed by atoms with van der Waals surface area (Å²) in [6.07, 6.45) is 5.54. The van der Waals surface area contributed by atoms with E-state index in [4.69, 9.17) is 0 Å². The Hall–Kier alpha value is -0.900. The maximum absolute atomic E-state index is 11.3. The molecule has 0 aliphatic heterocycles. The predicted octanol–water partition coefficient (Wildman–Crippen LogP) is 1.55. The molecule has 0 aromatic carbocycles. The van der Waals surface area contributed by atoms with Crippen molar-refractivity contribution >= 4 is 17.5 Å². The van der Waals surface area contributed by atoms with E-state index in [0.29, 0.717) is 22.6 Å². The second kappa shape index (κ2) is 3.87. The highest BCUT2D eigenvalue weighted by Gasteiger charge is 2.29. The van der Waals surface area contributed by atoms with Crippen LogP contribution >= 0.6 is 11.8 Å². The van der Waals surface area contributed by atoms with Crippen molar-refractivity contribution in [1.82, 2.24) is 9.97 Å². The molecule has 4 heteroatoms. The molecule has 0 spiro atoms. The van der Waals surface area contributed by atoms with Crippen LogP contribution in [0, 0.1) is 5.92 Å². The lowest BCUT2D eigenvalue weighted by molar-refractivity contribution is -0.117. The first kappa shape index (κ1) is 8.69. The molecule has 1 aromatic heterocycles. The van der Waals surface area contributed by atoms with E-state index < -0.39 is 0 Å². The topological polar surface area (TPSA) is 42.9 Å². The Balaban J connectivity index is 1.82. The fourth-order valence-corrected chi connectivity index (χ4v) is 1.80. The molecule has 0 N–H and O–H groups in total. The maximum atomic E-state index is 11.3. The van der Waals surface area contributed by atoms with Gasteiger partial charge >= 0.3 is 0 Å². The summed E-state index contributed by atoms with van der Waals surface area (Å²) >= 11 is 1.43. The lowest BCUT2D eigenvalue weighted by Crippen LogP contribution is -2.03. The van der Waals surface area contributed by atoms with E-state index in [2.05, 4.69) is 9.97 Å². The lowest BCUT2D eigenvalue weighted by atomic mass is 10.3. The van der Waals surface area contributed by atoms with Crippen LogP contribution in [0.5, 0.6) is 0 Å². The number of aromatic nitrogens is 2. The van der Waals surface area contributed by atoms with Gasteiger partial charge in [-0.05, 0) is 18.9 Å². The van der Waals surface area contributed by atoms with Gasteiger partial charge in [-0.1, -0.05) is 11.8 Å². The predicted molar refractivity (Wildman–Crippen MR) is 50.5 cm³/mol. The molecule has 1 fully saturated rings. The van der Waals surface area contributed by atoms with Crippen molar-refractivity contribution in [3.8, 4) is 0 Å². The van der Waals surface area contributed by atoms with Crippen LogP contribution in [0.1, 0.15) is 12.8 Å². The average Bonchev–Trinajstić information content (AvgIpc) is 2.99. The number of carbonyl (C=O) groups excluding carboxylic acids is 1. The molecule has 3 nitrogen and oxygen atoms in total. The highest BCUT2D eigenvalue weighted by molar-refractivity contribution is 7.99. The normalized spacial score (nSPS) is 15.7. The van der Waals surface area contributed by atoms with Gasteiger partial charge in [0.25, 0.3) is 0 Å². The number of ketones is 1. The molecule has 0 unspecified atom stereocenters. The molecule has 0 saturated heterocycles. The minimum absolute atomic E-state index is 0.344. The Morgan fingerprint density at radius 1 is 1.46 bits per heavy atom. The number of Topliss-reactive ketones (excluding diaryl/α,β-unsaturated/α-hetero) is 1. The van der Waals surface area contributed by atoms with Crippen molar-refractivity contribution in [2.24, 2.45) is 5.92 Å². The highest BCUT2D eigenvalue weighted by Crippen LogP contribution is 2.31. The number of hydrogen-bond acceptors (Lipinski definition) is 4. The van der Waals surface area contributed by atoms with Gasteiger partial charge in [-0.25, -0.2) is 9.97 Å². The molecule has 0 atom stereocenters. The van der Waals surface area contributed by atoms with E-state index in [1.165, 1.54) is 11.8 Å². The van der Waals surface area contributed by atoms with Gasteiger partial charge in [-0.3, -0.25) is 4.79 Å². The van der Waals surface area contributed by atoms with Gasteiger partial charge < -0.3 is 0 Å². The minimum Gasteiger partial charge on any atom is -0.298 e. The van der Waals surface area contributed by atoms with E-state index in [9.17, 15) is 4.79 Å². The Kier molecular flexibility index (Phi) is 2.59. The summed E-state index contributed by atoms with van der Waals surface area (Å²) in [5.74, 6) is 1.21. The molecule has 1 aliphatic rings. The fourth-order valence-electron chi connectivity index (χ4n) is 1.02. The van der Waals surface area contributed by atoms with E-state index in [0.717, 1.165) is 12.8 Å². The molecule has 13 heavy (non-hydrogen) atoms. The van der Waals surface area contributed by atoms with Crippen LogP contribution in [-0.2, 0) is 4.79 Å². The number of hydrogen-bond donors (Lipinski definition) is 0. The minimum atomic E-state index is 0.344. The molecule has 2 rings (SSSR count). The monoisotopic (exact) mass is 194 g/mol. The number of rotatable bonds is 4. The zero-order valence-corrected chi connectivity index (χ0v) is 7.96. The Morgan fingerprint density at radius 2 is 2.15 bits per heavy atom. The van der Waals surface area contributed by atoms with Gasteiger partial charge in [-0.15, -0.1) is 0 Å². The number of nitrogens with zero attached hydrogens (tertiary/aromatic N) is 2. The molecule has 1 heterocycles. The van der Waals surface area contributed by atoms with E-state index in [1.807, 2.05) is 0 Å². The van der Waals surface area contributed by atoms with Gasteiger partial charge in [0.05, 0.1) is 5.75 Å². The third kappa shape index (κ3) is 2.52. The number of carbonyl (C=O) groups is 1. The molecule has 1 aliphatic carbocycles. The summed E-state index contributed by atoms with van der Waals surface area (Å²) in [7, 11) is 0. The van der Waals surface area contributed by atoms with Crippen LogP contribution in [-0.4, -0.2) is 21.5 Å². The summed E-state index contributed by atoms with van der Waals surface area (Å²) in [4.78, 5) is 19.4. The number of thioether (sulfide) groups is 1. The van der Waals surface area contributed by atoms with Crippen molar-refractivity contribution < 1.29 is 4.79 Å². The smallest absolute Gasteiger partial charge is 0.187 e. The fraction of sp³-hybridized carbons (Fsp3) is 0.444. The zero-order chi connectivity index (χ0) is 9.10. The van der Waals surface area contributed by atoms with Gasteiger partial charge in [-0.2, -0.15) is 0 Å². The first-order valence-corrected chi connectivity index (χ1v) is 5.27. The lowest BCUT2D eigenvalue weighted by Gasteiger charge is -1.96. The van der Waals surface area contributed by atoms with E-state index in [-0.39, 0.29) is 0 Å². The molecular formula is C9H10N2OS. The van der Waals surface area contributed by atoms with Crippen LogP contribution in [0.3, 0.4) is 0 Å². The summed E-state index contributed by atoms with van der Waals surface area (Å²) in [6, 6.07) is 1.77. The highest BCUT2D eigenvalue weighted by atomic mass is 32.2. The van der Waals surface area contributed by atoms with Crippen LogP contribution in [0.15, 0.2) is 23.6 Å². The van der Waals surface area contributed by atoms with Crippen molar-refractivity contribution in [2.45, 2.75) is 18.0 Å². The van der Waals surface area contributed by atoms with Gasteiger partial charge in [0.15, 0.2) is 5.16 Å². The van der Waals surface area contributed by atoms with Crippen molar-refractivity contribution in [3.05, 3.63) is 18.5 Å². The Labute approximate surface area is 81.0 Å². The standard InChI is InChI=1S/C9H10N2OS/c12-8(7-2-3-7)6-13-9-10-4-1-5-11-9/h1,4-5,7H,2-3,6H2. The SMILES string of the molecule is O=C(CSc1ncccn1)C1CC1. The summed E-state index contributed by atoms with van der Waals surface area (Å²) < 4.78 is 0. The molecule has 0 bridgehead atoms. The van der Waals surface area contributed by atoms with Crippen LogP contribution in [0.4, 0.5) is 0 Å². The summed E-state index contributed by atoms with van der Waals surface area (Å²) in [5.41, 5.74) is 0. The molecule has 0 radical (unpaired) electrons. The third-order valence-corrected chi connectivity index (χ3v) is 2.82. The van der Waals surface area contributed by atoms with E-state index >= 15 is 0 Å². The third-order valence-electron chi connectivity index (χ3n) is 1.92. The second-order valence-corrected chi connectivity index (χ2v) is 4.00. The van der Waals surface area contributed by atoms with Gasteiger partial charge in [0.1, 0.15) is 5.78 Å². The first-order chi connectivity index (χ1) is 6.36. The summed E-state index contributed by atoms with van der Waals surface area (Å²) in [5, 5.41) is 0.691. The molecule has 68 valence electrons. The van der Waals surface area contributed by atoms with Crippen LogP contribution in [0.2, 0.25) is 0 Å². The molecule has 0 amide bonds. The molecular weight excluding hydrogens is 184 g/mol. The zero-order valence-electron chi connectivity index (χ0n) is 7.14. The largest absolute Gasteiger partial charge is 0.298 e. The Bertz CT molecular complexity index is 298. The van der Waals surface area contributed by atoms with Crippen molar-refractivity contribution in [1.29, 1.82) is 0 Å². The molecule has 1 aromatic rings. The van der Waals surface area contributed by atoms with Crippen LogP contribution in [0.25, 0.3) is 0 Å².